The normalized spacial score (nSPS) is 34.2. The summed E-state index contributed by atoms with van der Waals surface area (Å²) in [4.78, 5) is 19.3. The van der Waals surface area contributed by atoms with Gasteiger partial charge in [0, 0.05) is 43.9 Å². The van der Waals surface area contributed by atoms with Crippen molar-refractivity contribution >= 4 is 11.9 Å². The van der Waals surface area contributed by atoms with Crippen molar-refractivity contribution in [2.45, 2.75) is 76.5 Å². The Morgan fingerprint density at radius 2 is 1.77 bits per heavy atom. The van der Waals surface area contributed by atoms with E-state index in [0.29, 0.717) is 43.1 Å². The van der Waals surface area contributed by atoms with Crippen LogP contribution in [0.4, 0.5) is 0 Å². The van der Waals surface area contributed by atoms with Gasteiger partial charge < -0.3 is 20.3 Å². The number of guanidine groups is 1. The van der Waals surface area contributed by atoms with Crippen LogP contribution < -0.4 is 10.6 Å². The number of carbonyl (C=O) groups excluding carboxylic acids is 1. The molecule has 26 heavy (non-hydrogen) atoms. The second kappa shape index (κ2) is 8.15. The van der Waals surface area contributed by atoms with E-state index in [1.54, 1.807) is 0 Å². The molecular weight excluding hydrogens is 328 g/mol. The highest BCUT2D eigenvalue weighted by molar-refractivity contribution is 5.81. The van der Waals surface area contributed by atoms with Gasteiger partial charge in [-0.05, 0) is 32.6 Å². The van der Waals surface area contributed by atoms with E-state index in [9.17, 15) is 4.79 Å². The van der Waals surface area contributed by atoms with Crippen LogP contribution in [0.15, 0.2) is 4.99 Å². The first-order valence-electron chi connectivity index (χ1n) is 10.7. The van der Waals surface area contributed by atoms with E-state index in [1.165, 1.54) is 32.1 Å². The van der Waals surface area contributed by atoms with Crippen molar-refractivity contribution in [1.29, 1.82) is 0 Å². The lowest BCUT2D eigenvalue weighted by molar-refractivity contribution is -0.121. The van der Waals surface area contributed by atoms with E-state index in [-0.39, 0.29) is 5.91 Å². The summed E-state index contributed by atoms with van der Waals surface area (Å²) in [6.07, 6.45) is 9.97. The average molecular weight is 363 g/mol. The van der Waals surface area contributed by atoms with E-state index >= 15 is 0 Å². The van der Waals surface area contributed by atoms with Crippen LogP contribution in [0.2, 0.25) is 0 Å². The molecule has 4 aliphatic rings. The predicted octanol–water partition coefficient (Wildman–Crippen LogP) is 1.90. The van der Waals surface area contributed by atoms with Crippen molar-refractivity contribution in [2.24, 2.45) is 16.8 Å². The molecule has 0 spiro atoms. The van der Waals surface area contributed by atoms with Gasteiger partial charge in [0.2, 0.25) is 5.91 Å². The molecule has 2 bridgehead atoms. The van der Waals surface area contributed by atoms with Gasteiger partial charge in [-0.15, -0.1) is 0 Å². The summed E-state index contributed by atoms with van der Waals surface area (Å²) in [5.74, 6) is 2.48. The molecule has 3 aliphatic heterocycles. The highest BCUT2D eigenvalue weighted by Crippen LogP contribution is 2.47. The van der Waals surface area contributed by atoms with E-state index in [2.05, 4.69) is 22.5 Å². The lowest BCUT2D eigenvalue weighted by Gasteiger charge is -2.24. The molecule has 0 aromatic rings. The molecule has 4 rings (SSSR count). The van der Waals surface area contributed by atoms with Crippen LogP contribution in [0.3, 0.4) is 0 Å². The third-order valence-electron chi connectivity index (χ3n) is 6.66. The molecule has 3 heterocycles. The Hall–Kier alpha value is -1.30. The number of aliphatic imine (C=N–C) groups is 1. The Balaban J connectivity index is 1.27. The third-order valence-corrected chi connectivity index (χ3v) is 6.66. The third kappa shape index (κ3) is 3.85. The van der Waals surface area contributed by atoms with Gasteiger partial charge in [0.15, 0.2) is 5.96 Å². The first-order valence-corrected chi connectivity index (χ1v) is 10.7. The van der Waals surface area contributed by atoms with Gasteiger partial charge >= 0.3 is 0 Å². The molecular formula is C20H34N4O2. The van der Waals surface area contributed by atoms with Gasteiger partial charge in [-0.3, -0.25) is 9.79 Å². The molecule has 0 aromatic carbocycles. The number of fused-ring (bicyclic) bond motifs is 5. The zero-order valence-corrected chi connectivity index (χ0v) is 16.1. The fourth-order valence-corrected chi connectivity index (χ4v) is 5.37. The minimum atomic E-state index is 0.154. The SMILES string of the molecule is CCNC(=NCCC(=O)NC1CCCCC1)N1CC2C3CCC(O3)C2C1. The van der Waals surface area contributed by atoms with Crippen molar-refractivity contribution < 1.29 is 9.53 Å². The van der Waals surface area contributed by atoms with Gasteiger partial charge in [-0.25, -0.2) is 0 Å². The number of ether oxygens (including phenoxy) is 1. The maximum atomic E-state index is 12.2. The molecule has 3 saturated heterocycles. The molecule has 4 atom stereocenters. The van der Waals surface area contributed by atoms with Crippen LogP contribution in [0.5, 0.6) is 0 Å². The van der Waals surface area contributed by atoms with Crippen molar-refractivity contribution in [2.75, 3.05) is 26.2 Å². The summed E-state index contributed by atoms with van der Waals surface area (Å²) < 4.78 is 6.07. The summed E-state index contributed by atoms with van der Waals surface area (Å²) in [5, 5.41) is 6.61. The van der Waals surface area contributed by atoms with Gasteiger partial charge in [0.25, 0.3) is 0 Å². The van der Waals surface area contributed by atoms with Crippen LogP contribution in [-0.2, 0) is 9.53 Å². The summed E-state index contributed by atoms with van der Waals surface area (Å²) in [6, 6.07) is 0.391. The smallest absolute Gasteiger partial charge is 0.222 e. The van der Waals surface area contributed by atoms with Crippen LogP contribution >= 0.6 is 0 Å². The molecule has 0 radical (unpaired) electrons. The number of rotatable bonds is 5. The van der Waals surface area contributed by atoms with Crippen LogP contribution in [0, 0.1) is 11.8 Å². The molecule has 0 aromatic heterocycles. The summed E-state index contributed by atoms with van der Waals surface area (Å²) >= 11 is 0. The molecule has 2 N–H and O–H groups in total. The fourth-order valence-electron chi connectivity index (χ4n) is 5.37. The Morgan fingerprint density at radius 3 is 2.42 bits per heavy atom. The van der Waals surface area contributed by atoms with E-state index in [4.69, 9.17) is 9.73 Å². The van der Waals surface area contributed by atoms with E-state index in [1.807, 2.05) is 0 Å². The summed E-state index contributed by atoms with van der Waals surface area (Å²) in [6.45, 7) is 5.63. The van der Waals surface area contributed by atoms with Crippen molar-refractivity contribution in [3.63, 3.8) is 0 Å². The number of hydrogen-bond acceptors (Lipinski definition) is 3. The van der Waals surface area contributed by atoms with Crippen LogP contribution in [0.25, 0.3) is 0 Å². The quantitative estimate of drug-likeness (QED) is 0.579. The van der Waals surface area contributed by atoms with Gasteiger partial charge in [0.05, 0.1) is 18.8 Å². The van der Waals surface area contributed by atoms with Crippen molar-refractivity contribution in [3.05, 3.63) is 0 Å². The number of nitrogens with zero attached hydrogens (tertiary/aromatic N) is 2. The largest absolute Gasteiger partial charge is 0.374 e. The molecule has 1 aliphatic carbocycles. The predicted molar refractivity (Wildman–Crippen MR) is 102 cm³/mol. The average Bonchev–Trinajstić information content (AvgIpc) is 3.35. The maximum Gasteiger partial charge on any atom is 0.222 e. The highest BCUT2D eigenvalue weighted by Gasteiger charge is 2.53. The lowest BCUT2D eigenvalue weighted by Crippen LogP contribution is -2.41. The topological polar surface area (TPSA) is 66.0 Å². The Labute approximate surface area is 157 Å². The molecule has 6 heteroatoms. The van der Waals surface area contributed by atoms with Crippen LogP contribution in [-0.4, -0.2) is 61.2 Å². The Bertz CT molecular complexity index is 514. The number of nitrogens with one attached hydrogen (secondary N) is 2. The zero-order valence-electron chi connectivity index (χ0n) is 16.1. The van der Waals surface area contributed by atoms with Gasteiger partial charge in [-0.2, -0.15) is 0 Å². The molecule has 4 unspecified atom stereocenters. The van der Waals surface area contributed by atoms with E-state index < -0.39 is 0 Å². The van der Waals surface area contributed by atoms with Crippen molar-refractivity contribution in [1.82, 2.24) is 15.5 Å². The number of carbonyl (C=O) groups is 1. The number of hydrogen-bond donors (Lipinski definition) is 2. The molecule has 146 valence electrons. The minimum Gasteiger partial charge on any atom is -0.374 e. The number of amides is 1. The zero-order chi connectivity index (χ0) is 17.9. The lowest BCUT2D eigenvalue weighted by atomic mass is 9.82. The van der Waals surface area contributed by atoms with E-state index in [0.717, 1.165) is 38.4 Å². The first kappa shape index (κ1) is 18.1. The van der Waals surface area contributed by atoms with Crippen LogP contribution in [0.1, 0.15) is 58.3 Å². The summed E-state index contributed by atoms with van der Waals surface area (Å²) in [7, 11) is 0. The first-order chi connectivity index (χ1) is 12.7. The monoisotopic (exact) mass is 362 g/mol. The Morgan fingerprint density at radius 1 is 1.08 bits per heavy atom. The second-order valence-corrected chi connectivity index (χ2v) is 8.41. The number of likely N-dealkylation sites (tertiary alicyclic amines) is 1. The second-order valence-electron chi connectivity index (χ2n) is 8.41. The Kier molecular flexibility index (Phi) is 5.67. The molecule has 4 fully saturated rings. The maximum absolute atomic E-state index is 12.2. The standard InChI is InChI=1S/C20H34N4O2/c1-2-21-20(22-11-10-19(25)23-14-6-4-3-5-7-14)24-12-15-16(13-24)18-9-8-17(15)26-18/h14-18H,2-13H2,1H3,(H,21,22)(H,23,25). The molecule has 6 nitrogen and oxygen atoms in total. The fraction of sp³-hybridized carbons (Fsp3) is 0.900. The molecule has 1 amide bonds. The van der Waals surface area contributed by atoms with Gasteiger partial charge in [0.1, 0.15) is 0 Å². The van der Waals surface area contributed by atoms with Gasteiger partial charge in [-0.1, -0.05) is 19.3 Å². The minimum absolute atomic E-state index is 0.154. The summed E-state index contributed by atoms with van der Waals surface area (Å²) in [5.41, 5.74) is 0. The molecule has 1 saturated carbocycles. The highest BCUT2D eigenvalue weighted by atomic mass is 16.5. The van der Waals surface area contributed by atoms with Crippen molar-refractivity contribution in [3.8, 4) is 0 Å².